The third-order valence-corrected chi connectivity index (χ3v) is 3.83. The molecule has 1 fully saturated rings. The zero-order chi connectivity index (χ0) is 11.4. The monoisotopic (exact) mass is 239 g/mol. The van der Waals surface area contributed by atoms with Crippen molar-refractivity contribution in [2.75, 3.05) is 6.54 Å². The maximum absolute atomic E-state index is 11.8. The third kappa shape index (κ3) is 2.80. The van der Waals surface area contributed by atoms with E-state index >= 15 is 0 Å². The fraction of sp³-hybridized carbons (Fsp3) is 0.636. The largest absolute Gasteiger partial charge is 0.350 e. The highest BCUT2D eigenvalue weighted by Gasteiger charge is 2.20. The summed E-state index contributed by atoms with van der Waals surface area (Å²) in [5.74, 6) is 0.118. The van der Waals surface area contributed by atoms with Gasteiger partial charge in [-0.05, 0) is 26.3 Å². The van der Waals surface area contributed by atoms with Crippen molar-refractivity contribution in [3.8, 4) is 0 Å². The summed E-state index contributed by atoms with van der Waals surface area (Å²) in [5, 5.41) is 6.20. The molecule has 2 N–H and O–H groups in total. The number of rotatable bonds is 3. The number of piperidine rings is 1. The Kier molecular flexibility index (Phi) is 3.90. The predicted octanol–water partition coefficient (Wildman–Crippen LogP) is 1.21. The molecule has 0 spiro atoms. The molecule has 0 bridgehead atoms. The Labute approximate surface area is 99.5 Å². The molecule has 1 atom stereocenters. The van der Waals surface area contributed by atoms with Crippen LogP contribution in [0.15, 0.2) is 5.51 Å². The number of carbonyl (C=O) groups is 1. The molecule has 1 aromatic heterocycles. The number of thiazole rings is 1. The maximum atomic E-state index is 11.8. The molecular formula is C11H17N3OS. The van der Waals surface area contributed by atoms with Crippen molar-refractivity contribution in [2.24, 2.45) is 0 Å². The van der Waals surface area contributed by atoms with Crippen LogP contribution in [0.1, 0.15) is 29.8 Å². The standard InChI is InChI=1S/C11H17N3OS/c1-8-10(16-7-14-8)6-13-11(15)9-4-2-3-5-12-9/h7,9,12H,2-6H2,1H3,(H,13,15)/t9-/m0/s1. The molecule has 0 unspecified atom stereocenters. The fourth-order valence-corrected chi connectivity index (χ4v) is 2.58. The van der Waals surface area contributed by atoms with E-state index in [1.807, 2.05) is 12.4 Å². The second kappa shape index (κ2) is 5.41. The molecule has 1 aliphatic heterocycles. The van der Waals surface area contributed by atoms with Crippen molar-refractivity contribution >= 4 is 17.2 Å². The summed E-state index contributed by atoms with van der Waals surface area (Å²) < 4.78 is 0. The Balaban J connectivity index is 1.81. The second-order valence-electron chi connectivity index (χ2n) is 4.08. The zero-order valence-electron chi connectivity index (χ0n) is 9.45. The topological polar surface area (TPSA) is 54.0 Å². The minimum Gasteiger partial charge on any atom is -0.350 e. The van der Waals surface area contributed by atoms with Crippen molar-refractivity contribution < 1.29 is 4.79 Å². The zero-order valence-corrected chi connectivity index (χ0v) is 10.3. The van der Waals surface area contributed by atoms with E-state index in [-0.39, 0.29) is 11.9 Å². The van der Waals surface area contributed by atoms with Crippen molar-refractivity contribution in [3.05, 3.63) is 16.1 Å². The fourth-order valence-electron chi connectivity index (χ4n) is 1.86. The molecule has 1 aliphatic rings. The maximum Gasteiger partial charge on any atom is 0.237 e. The number of carbonyl (C=O) groups excluding carboxylic acids is 1. The van der Waals surface area contributed by atoms with E-state index in [1.165, 1.54) is 6.42 Å². The smallest absolute Gasteiger partial charge is 0.237 e. The van der Waals surface area contributed by atoms with Gasteiger partial charge in [0, 0.05) is 4.88 Å². The van der Waals surface area contributed by atoms with Crippen LogP contribution < -0.4 is 10.6 Å². The molecule has 4 nitrogen and oxygen atoms in total. The number of nitrogens with one attached hydrogen (secondary N) is 2. The molecule has 2 rings (SSSR count). The van der Waals surface area contributed by atoms with Gasteiger partial charge in [0.2, 0.25) is 5.91 Å². The van der Waals surface area contributed by atoms with Crippen molar-refractivity contribution in [3.63, 3.8) is 0 Å². The first-order chi connectivity index (χ1) is 7.77. The van der Waals surface area contributed by atoms with Gasteiger partial charge in [-0.15, -0.1) is 11.3 Å². The number of aromatic nitrogens is 1. The molecule has 2 heterocycles. The van der Waals surface area contributed by atoms with Crippen LogP contribution in [0.25, 0.3) is 0 Å². The van der Waals surface area contributed by atoms with Gasteiger partial charge >= 0.3 is 0 Å². The van der Waals surface area contributed by atoms with Crippen LogP contribution in [0.3, 0.4) is 0 Å². The van der Waals surface area contributed by atoms with Crippen molar-refractivity contribution in [2.45, 2.75) is 38.8 Å². The molecule has 88 valence electrons. The highest BCUT2D eigenvalue weighted by atomic mass is 32.1. The van der Waals surface area contributed by atoms with Crippen LogP contribution in [-0.4, -0.2) is 23.5 Å². The van der Waals surface area contributed by atoms with Gasteiger partial charge in [-0.3, -0.25) is 4.79 Å². The number of hydrogen-bond donors (Lipinski definition) is 2. The third-order valence-electron chi connectivity index (χ3n) is 2.89. The van der Waals surface area contributed by atoms with Crippen LogP contribution in [-0.2, 0) is 11.3 Å². The lowest BCUT2D eigenvalue weighted by molar-refractivity contribution is -0.123. The summed E-state index contributed by atoms with van der Waals surface area (Å²) in [7, 11) is 0. The van der Waals surface area contributed by atoms with E-state index in [0.717, 1.165) is 30.0 Å². The van der Waals surface area contributed by atoms with Gasteiger partial charge in [-0.1, -0.05) is 6.42 Å². The average molecular weight is 239 g/mol. The number of nitrogens with zero attached hydrogens (tertiary/aromatic N) is 1. The lowest BCUT2D eigenvalue weighted by atomic mass is 10.0. The lowest BCUT2D eigenvalue weighted by Crippen LogP contribution is -2.46. The normalized spacial score (nSPS) is 20.7. The van der Waals surface area contributed by atoms with E-state index in [2.05, 4.69) is 15.6 Å². The SMILES string of the molecule is Cc1ncsc1CNC(=O)[C@@H]1CCCCN1. The summed E-state index contributed by atoms with van der Waals surface area (Å²) in [6.45, 7) is 3.53. The molecule has 0 saturated carbocycles. The van der Waals surface area contributed by atoms with Gasteiger partial charge in [-0.25, -0.2) is 4.98 Å². The molecule has 5 heteroatoms. The predicted molar refractivity (Wildman–Crippen MR) is 64.3 cm³/mol. The first kappa shape index (κ1) is 11.5. The van der Waals surface area contributed by atoms with Crippen LogP contribution in [0.2, 0.25) is 0 Å². The molecule has 16 heavy (non-hydrogen) atoms. The van der Waals surface area contributed by atoms with Gasteiger partial charge in [0.25, 0.3) is 0 Å². The first-order valence-electron chi connectivity index (χ1n) is 5.67. The van der Waals surface area contributed by atoms with Crippen LogP contribution in [0.5, 0.6) is 0 Å². The second-order valence-corrected chi connectivity index (χ2v) is 5.02. The molecule has 0 aliphatic carbocycles. The summed E-state index contributed by atoms with van der Waals surface area (Å²) in [6, 6.07) is 0.00183. The molecule has 0 radical (unpaired) electrons. The summed E-state index contributed by atoms with van der Waals surface area (Å²) >= 11 is 1.59. The van der Waals surface area contributed by atoms with E-state index < -0.39 is 0 Å². The Morgan fingerprint density at radius 1 is 1.69 bits per heavy atom. The Morgan fingerprint density at radius 2 is 2.56 bits per heavy atom. The molecule has 0 aromatic carbocycles. The number of hydrogen-bond acceptors (Lipinski definition) is 4. The van der Waals surface area contributed by atoms with E-state index in [4.69, 9.17) is 0 Å². The quantitative estimate of drug-likeness (QED) is 0.833. The van der Waals surface area contributed by atoms with Gasteiger partial charge in [0.15, 0.2) is 0 Å². The molecule has 1 aromatic rings. The lowest BCUT2D eigenvalue weighted by Gasteiger charge is -2.22. The molecule has 1 saturated heterocycles. The Hall–Kier alpha value is -0.940. The Morgan fingerprint density at radius 3 is 3.19 bits per heavy atom. The summed E-state index contributed by atoms with van der Waals surface area (Å²) in [6.07, 6.45) is 3.27. The Bertz CT molecular complexity index is 358. The van der Waals surface area contributed by atoms with Gasteiger partial charge in [-0.2, -0.15) is 0 Å². The van der Waals surface area contributed by atoms with Crippen molar-refractivity contribution in [1.29, 1.82) is 0 Å². The summed E-state index contributed by atoms with van der Waals surface area (Å²) in [4.78, 5) is 17.1. The van der Waals surface area contributed by atoms with E-state index in [0.29, 0.717) is 6.54 Å². The first-order valence-corrected chi connectivity index (χ1v) is 6.55. The van der Waals surface area contributed by atoms with Gasteiger partial charge < -0.3 is 10.6 Å². The van der Waals surface area contributed by atoms with Gasteiger partial charge in [0.05, 0.1) is 23.8 Å². The highest BCUT2D eigenvalue weighted by molar-refractivity contribution is 7.09. The molecule has 1 amide bonds. The van der Waals surface area contributed by atoms with E-state index in [9.17, 15) is 4.79 Å². The minimum absolute atomic E-state index is 0.00183. The van der Waals surface area contributed by atoms with Crippen molar-refractivity contribution in [1.82, 2.24) is 15.6 Å². The molecular weight excluding hydrogens is 222 g/mol. The average Bonchev–Trinajstić information content (AvgIpc) is 2.73. The van der Waals surface area contributed by atoms with Crippen LogP contribution >= 0.6 is 11.3 Å². The summed E-state index contributed by atoms with van der Waals surface area (Å²) in [5.41, 5.74) is 2.83. The number of amides is 1. The van der Waals surface area contributed by atoms with Gasteiger partial charge in [0.1, 0.15) is 0 Å². The number of aryl methyl sites for hydroxylation is 1. The van der Waals surface area contributed by atoms with E-state index in [1.54, 1.807) is 11.3 Å². The minimum atomic E-state index is 0.00183. The van der Waals surface area contributed by atoms with Crippen LogP contribution in [0.4, 0.5) is 0 Å². The highest BCUT2D eigenvalue weighted by Crippen LogP contribution is 2.12. The van der Waals surface area contributed by atoms with Crippen LogP contribution in [0, 0.1) is 6.92 Å².